The SMILES string of the molecule is CC(C)n1cc(CCN)c2ccccc21. The second-order valence-electron chi connectivity index (χ2n) is 4.21. The van der Waals surface area contributed by atoms with Crippen LogP contribution in [0.4, 0.5) is 0 Å². The molecule has 2 rings (SSSR count). The molecule has 0 bridgehead atoms. The van der Waals surface area contributed by atoms with Crippen molar-refractivity contribution in [2.45, 2.75) is 26.3 Å². The average molecular weight is 202 g/mol. The van der Waals surface area contributed by atoms with Crippen molar-refractivity contribution in [3.05, 3.63) is 36.0 Å². The Labute approximate surface area is 90.7 Å². The van der Waals surface area contributed by atoms with Crippen LogP contribution >= 0.6 is 0 Å². The number of fused-ring (bicyclic) bond motifs is 1. The van der Waals surface area contributed by atoms with Gasteiger partial charge >= 0.3 is 0 Å². The van der Waals surface area contributed by atoms with Gasteiger partial charge in [-0.15, -0.1) is 0 Å². The lowest BCUT2D eigenvalue weighted by atomic mass is 10.1. The molecule has 0 atom stereocenters. The quantitative estimate of drug-likeness (QED) is 0.815. The molecule has 0 aliphatic carbocycles. The van der Waals surface area contributed by atoms with Crippen molar-refractivity contribution in [3.8, 4) is 0 Å². The summed E-state index contributed by atoms with van der Waals surface area (Å²) in [7, 11) is 0. The molecule has 0 amide bonds. The molecule has 80 valence electrons. The zero-order valence-corrected chi connectivity index (χ0v) is 9.40. The van der Waals surface area contributed by atoms with E-state index >= 15 is 0 Å². The summed E-state index contributed by atoms with van der Waals surface area (Å²) in [6, 6.07) is 9.04. The Morgan fingerprint density at radius 2 is 2.00 bits per heavy atom. The number of nitrogens with zero attached hydrogens (tertiary/aromatic N) is 1. The van der Waals surface area contributed by atoms with Crippen LogP contribution in [0.5, 0.6) is 0 Å². The van der Waals surface area contributed by atoms with Crippen LogP contribution in [0.15, 0.2) is 30.5 Å². The van der Waals surface area contributed by atoms with Crippen LogP contribution in [-0.4, -0.2) is 11.1 Å². The average Bonchev–Trinajstić information content (AvgIpc) is 2.59. The molecule has 2 N–H and O–H groups in total. The Morgan fingerprint density at radius 3 is 2.67 bits per heavy atom. The van der Waals surface area contributed by atoms with Crippen molar-refractivity contribution in [1.29, 1.82) is 0 Å². The zero-order chi connectivity index (χ0) is 10.8. The minimum Gasteiger partial charge on any atom is -0.345 e. The van der Waals surface area contributed by atoms with Crippen molar-refractivity contribution in [2.75, 3.05) is 6.54 Å². The maximum absolute atomic E-state index is 5.63. The molecular weight excluding hydrogens is 184 g/mol. The number of benzene rings is 1. The third-order valence-electron chi connectivity index (χ3n) is 2.79. The molecule has 2 aromatic rings. The molecule has 0 fully saturated rings. The fourth-order valence-electron chi connectivity index (χ4n) is 2.06. The first-order chi connectivity index (χ1) is 7.24. The van der Waals surface area contributed by atoms with Crippen LogP contribution in [0.25, 0.3) is 10.9 Å². The first-order valence-corrected chi connectivity index (χ1v) is 5.52. The van der Waals surface area contributed by atoms with E-state index in [1.807, 2.05) is 0 Å². The number of para-hydroxylation sites is 1. The number of rotatable bonds is 3. The van der Waals surface area contributed by atoms with E-state index in [4.69, 9.17) is 5.73 Å². The summed E-state index contributed by atoms with van der Waals surface area (Å²) in [5.74, 6) is 0. The number of hydrogen-bond acceptors (Lipinski definition) is 1. The van der Waals surface area contributed by atoms with Crippen LogP contribution < -0.4 is 5.73 Å². The molecule has 0 unspecified atom stereocenters. The van der Waals surface area contributed by atoms with E-state index in [2.05, 4.69) is 48.9 Å². The minimum absolute atomic E-state index is 0.501. The third-order valence-corrected chi connectivity index (χ3v) is 2.79. The van der Waals surface area contributed by atoms with Crippen molar-refractivity contribution >= 4 is 10.9 Å². The minimum atomic E-state index is 0.501. The lowest BCUT2D eigenvalue weighted by Crippen LogP contribution is -2.02. The number of hydrogen-bond donors (Lipinski definition) is 1. The van der Waals surface area contributed by atoms with Gasteiger partial charge in [0.1, 0.15) is 0 Å². The summed E-state index contributed by atoms with van der Waals surface area (Å²) < 4.78 is 2.32. The summed E-state index contributed by atoms with van der Waals surface area (Å²) >= 11 is 0. The summed E-state index contributed by atoms with van der Waals surface area (Å²) in [4.78, 5) is 0. The van der Waals surface area contributed by atoms with Gasteiger partial charge in [0, 0.05) is 23.1 Å². The van der Waals surface area contributed by atoms with Gasteiger partial charge in [-0.25, -0.2) is 0 Å². The predicted octanol–water partition coefficient (Wildman–Crippen LogP) is 2.72. The highest BCUT2D eigenvalue weighted by Gasteiger charge is 2.08. The molecule has 0 saturated heterocycles. The van der Waals surface area contributed by atoms with E-state index in [0.717, 1.165) is 6.42 Å². The van der Waals surface area contributed by atoms with E-state index in [1.54, 1.807) is 0 Å². The maximum atomic E-state index is 5.63. The molecule has 0 radical (unpaired) electrons. The Hall–Kier alpha value is -1.28. The van der Waals surface area contributed by atoms with Gasteiger partial charge < -0.3 is 10.3 Å². The molecule has 0 aliphatic heterocycles. The monoisotopic (exact) mass is 202 g/mol. The topological polar surface area (TPSA) is 30.9 Å². The molecule has 2 heteroatoms. The summed E-state index contributed by atoms with van der Waals surface area (Å²) in [6.45, 7) is 5.13. The normalized spacial score (nSPS) is 11.5. The summed E-state index contributed by atoms with van der Waals surface area (Å²) in [5.41, 5.74) is 8.31. The second kappa shape index (κ2) is 4.07. The third kappa shape index (κ3) is 1.77. The lowest BCUT2D eigenvalue weighted by Gasteiger charge is -2.08. The van der Waals surface area contributed by atoms with E-state index in [-0.39, 0.29) is 0 Å². The maximum Gasteiger partial charge on any atom is 0.0485 e. The van der Waals surface area contributed by atoms with Gasteiger partial charge in [0.2, 0.25) is 0 Å². The van der Waals surface area contributed by atoms with Crippen LogP contribution in [0.1, 0.15) is 25.5 Å². The fourth-order valence-corrected chi connectivity index (χ4v) is 2.06. The molecule has 15 heavy (non-hydrogen) atoms. The lowest BCUT2D eigenvalue weighted by molar-refractivity contribution is 0.621. The molecule has 0 aliphatic rings. The standard InChI is InChI=1S/C13H18N2/c1-10(2)15-9-11(7-8-14)12-5-3-4-6-13(12)15/h3-6,9-10H,7-8,14H2,1-2H3. The second-order valence-corrected chi connectivity index (χ2v) is 4.21. The van der Waals surface area contributed by atoms with Crippen LogP contribution in [0.3, 0.4) is 0 Å². The van der Waals surface area contributed by atoms with Crippen molar-refractivity contribution in [2.24, 2.45) is 5.73 Å². The van der Waals surface area contributed by atoms with E-state index < -0.39 is 0 Å². The van der Waals surface area contributed by atoms with E-state index in [0.29, 0.717) is 12.6 Å². The fraction of sp³-hybridized carbons (Fsp3) is 0.385. The Kier molecular flexibility index (Phi) is 2.78. The van der Waals surface area contributed by atoms with Crippen LogP contribution in [0.2, 0.25) is 0 Å². The number of nitrogens with two attached hydrogens (primary N) is 1. The Morgan fingerprint density at radius 1 is 1.27 bits per heavy atom. The van der Waals surface area contributed by atoms with Gasteiger partial charge in [-0.2, -0.15) is 0 Å². The molecule has 1 aromatic carbocycles. The van der Waals surface area contributed by atoms with Crippen LogP contribution in [0, 0.1) is 0 Å². The largest absolute Gasteiger partial charge is 0.345 e. The Bertz CT molecular complexity index is 455. The van der Waals surface area contributed by atoms with Gasteiger partial charge in [0.15, 0.2) is 0 Å². The summed E-state index contributed by atoms with van der Waals surface area (Å²) in [6.07, 6.45) is 3.20. The first kappa shape index (κ1) is 10.2. The van der Waals surface area contributed by atoms with Crippen molar-refractivity contribution < 1.29 is 0 Å². The first-order valence-electron chi connectivity index (χ1n) is 5.52. The molecule has 2 nitrogen and oxygen atoms in total. The van der Waals surface area contributed by atoms with Crippen LogP contribution in [-0.2, 0) is 6.42 Å². The molecular formula is C13H18N2. The highest BCUT2D eigenvalue weighted by molar-refractivity contribution is 5.84. The smallest absolute Gasteiger partial charge is 0.0485 e. The Balaban J connectivity index is 2.62. The van der Waals surface area contributed by atoms with Gasteiger partial charge in [-0.1, -0.05) is 18.2 Å². The highest BCUT2D eigenvalue weighted by atomic mass is 15.0. The summed E-state index contributed by atoms with van der Waals surface area (Å²) in [5, 5.41) is 1.34. The molecule has 1 aromatic heterocycles. The van der Waals surface area contributed by atoms with E-state index in [9.17, 15) is 0 Å². The highest BCUT2D eigenvalue weighted by Crippen LogP contribution is 2.24. The van der Waals surface area contributed by atoms with Gasteiger partial charge in [-0.3, -0.25) is 0 Å². The van der Waals surface area contributed by atoms with Gasteiger partial charge in [0.05, 0.1) is 0 Å². The predicted molar refractivity (Wildman–Crippen MR) is 65.1 cm³/mol. The van der Waals surface area contributed by atoms with Gasteiger partial charge in [-0.05, 0) is 38.4 Å². The molecule has 0 saturated carbocycles. The van der Waals surface area contributed by atoms with Crippen molar-refractivity contribution in [3.63, 3.8) is 0 Å². The molecule has 0 spiro atoms. The zero-order valence-electron chi connectivity index (χ0n) is 9.40. The van der Waals surface area contributed by atoms with Gasteiger partial charge in [0.25, 0.3) is 0 Å². The van der Waals surface area contributed by atoms with E-state index in [1.165, 1.54) is 16.5 Å². The molecule has 1 heterocycles. The number of aromatic nitrogens is 1. The van der Waals surface area contributed by atoms with Crippen molar-refractivity contribution in [1.82, 2.24) is 4.57 Å².